The number of hydrogen-bond donors (Lipinski definition) is 3. The third kappa shape index (κ3) is 3.45. The van der Waals surface area contributed by atoms with Crippen LogP contribution < -0.4 is 16.2 Å². The lowest BCUT2D eigenvalue weighted by molar-refractivity contribution is 0.387. The molecule has 0 aliphatic carbocycles. The number of rotatable bonds is 5. The van der Waals surface area contributed by atoms with Gasteiger partial charge in [-0.3, -0.25) is 0 Å². The molecule has 8 nitrogen and oxygen atoms in total. The monoisotopic (exact) mass is 297 g/mol. The third-order valence-electron chi connectivity index (χ3n) is 2.56. The van der Waals surface area contributed by atoms with E-state index in [1.54, 1.807) is 13.0 Å². The first-order valence-corrected chi connectivity index (χ1v) is 7.36. The van der Waals surface area contributed by atoms with E-state index in [4.69, 9.17) is 15.4 Å². The summed E-state index contributed by atoms with van der Waals surface area (Å²) in [6.07, 6.45) is 0.578. The molecule has 1 aromatic carbocycles. The predicted octanol–water partition coefficient (Wildman–Crippen LogP) is 0.262. The SMILES string of the molecule is Cc1nc(CCNc2ccc(S(N)(=O)=O)c(N)c2)no1. The van der Waals surface area contributed by atoms with Crippen LogP contribution in [0.5, 0.6) is 0 Å². The molecule has 0 amide bonds. The van der Waals surface area contributed by atoms with Gasteiger partial charge in [0.05, 0.1) is 5.69 Å². The number of aryl methyl sites for hydroxylation is 1. The fourth-order valence-corrected chi connectivity index (χ4v) is 2.32. The number of anilines is 2. The lowest BCUT2D eigenvalue weighted by atomic mass is 10.2. The Bertz CT molecular complexity index is 711. The summed E-state index contributed by atoms with van der Waals surface area (Å²) in [4.78, 5) is 3.98. The Morgan fingerprint density at radius 2 is 2.15 bits per heavy atom. The van der Waals surface area contributed by atoms with E-state index in [9.17, 15) is 8.42 Å². The number of primary sulfonamides is 1. The highest BCUT2D eigenvalue weighted by Crippen LogP contribution is 2.21. The molecule has 0 unspecified atom stereocenters. The van der Waals surface area contributed by atoms with E-state index in [-0.39, 0.29) is 10.6 Å². The van der Waals surface area contributed by atoms with Crippen LogP contribution in [0.25, 0.3) is 0 Å². The van der Waals surface area contributed by atoms with Crippen LogP contribution in [0, 0.1) is 6.92 Å². The number of aromatic nitrogens is 2. The van der Waals surface area contributed by atoms with Crippen molar-refractivity contribution in [1.82, 2.24) is 10.1 Å². The zero-order valence-electron chi connectivity index (χ0n) is 10.8. The minimum atomic E-state index is -3.80. The Kier molecular flexibility index (Phi) is 3.91. The molecule has 20 heavy (non-hydrogen) atoms. The van der Waals surface area contributed by atoms with Crippen molar-refractivity contribution in [2.45, 2.75) is 18.2 Å². The summed E-state index contributed by atoms with van der Waals surface area (Å²) in [5.74, 6) is 1.12. The molecule has 1 heterocycles. The van der Waals surface area contributed by atoms with Gasteiger partial charge in [0.2, 0.25) is 15.9 Å². The van der Waals surface area contributed by atoms with Crippen LogP contribution in [0.4, 0.5) is 11.4 Å². The molecule has 0 fully saturated rings. The fraction of sp³-hybridized carbons (Fsp3) is 0.273. The molecular weight excluding hydrogens is 282 g/mol. The summed E-state index contributed by atoms with van der Waals surface area (Å²) in [6.45, 7) is 2.28. The number of hydrogen-bond acceptors (Lipinski definition) is 7. The first-order chi connectivity index (χ1) is 9.36. The summed E-state index contributed by atoms with van der Waals surface area (Å²) in [5, 5.41) is 11.9. The third-order valence-corrected chi connectivity index (χ3v) is 3.55. The molecule has 108 valence electrons. The smallest absolute Gasteiger partial charge is 0.240 e. The summed E-state index contributed by atoms with van der Waals surface area (Å²) >= 11 is 0. The summed E-state index contributed by atoms with van der Waals surface area (Å²) in [5.41, 5.74) is 6.45. The number of nitrogen functional groups attached to an aromatic ring is 1. The largest absolute Gasteiger partial charge is 0.398 e. The number of sulfonamides is 1. The molecule has 0 aliphatic heterocycles. The quantitative estimate of drug-likeness (QED) is 0.673. The van der Waals surface area contributed by atoms with Crippen LogP contribution >= 0.6 is 0 Å². The van der Waals surface area contributed by atoms with Crippen LogP contribution in [0.15, 0.2) is 27.6 Å². The van der Waals surface area contributed by atoms with Crippen molar-refractivity contribution in [3.63, 3.8) is 0 Å². The van der Waals surface area contributed by atoms with E-state index in [2.05, 4.69) is 15.5 Å². The van der Waals surface area contributed by atoms with Crippen molar-refractivity contribution in [3.8, 4) is 0 Å². The van der Waals surface area contributed by atoms with Gasteiger partial charge in [-0.1, -0.05) is 5.16 Å². The molecule has 2 aromatic rings. The van der Waals surface area contributed by atoms with E-state index in [0.29, 0.717) is 30.4 Å². The van der Waals surface area contributed by atoms with Crippen molar-refractivity contribution < 1.29 is 12.9 Å². The standard InChI is InChI=1S/C11H15N5O3S/c1-7-15-11(16-19-7)4-5-14-8-2-3-10(9(12)6-8)20(13,17)18/h2-3,6,14H,4-5,12H2,1H3,(H2,13,17,18). The first-order valence-electron chi connectivity index (χ1n) is 5.81. The molecule has 0 saturated carbocycles. The van der Waals surface area contributed by atoms with Gasteiger partial charge >= 0.3 is 0 Å². The Balaban J connectivity index is 1.99. The van der Waals surface area contributed by atoms with Gasteiger partial charge in [-0.15, -0.1) is 0 Å². The van der Waals surface area contributed by atoms with Crippen LogP contribution in [-0.2, 0) is 16.4 Å². The predicted molar refractivity (Wildman–Crippen MR) is 73.5 cm³/mol. The topological polar surface area (TPSA) is 137 Å². The minimum absolute atomic E-state index is 0.0863. The van der Waals surface area contributed by atoms with E-state index >= 15 is 0 Å². The van der Waals surface area contributed by atoms with Crippen LogP contribution in [0.3, 0.4) is 0 Å². The number of nitrogens with zero attached hydrogens (tertiary/aromatic N) is 2. The number of nitrogens with one attached hydrogen (secondary N) is 1. The highest BCUT2D eigenvalue weighted by atomic mass is 32.2. The Hall–Kier alpha value is -2.13. The van der Waals surface area contributed by atoms with Crippen molar-refractivity contribution in [2.75, 3.05) is 17.6 Å². The van der Waals surface area contributed by atoms with Crippen molar-refractivity contribution >= 4 is 21.4 Å². The Labute approximate surface area is 116 Å². The first kappa shape index (κ1) is 14.3. The average molecular weight is 297 g/mol. The van der Waals surface area contributed by atoms with Gasteiger partial charge in [0.15, 0.2) is 5.82 Å². The second-order valence-corrected chi connectivity index (χ2v) is 5.73. The van der Waals surface area contributed by atoms with Crippen LogP contribution in [0.2, 0.25) is 0 Å². The van der Waals surface area contributed by atoms with Crippen molar-refractivity contribution in [1.29, 1.82) is 0 Å². The Morgan fingerprint density at radius 3 is 2.70 bits per heavy atom. The fourth-order valence-electron chi connectivity index (χ4n) is 1.68. The molecule has 9 heteroatoms. The number of nitrogens with two attached hydrogens (primary N) is 2. The normalized spacial score (nSPS) is 11.5. The molecule has 0 spiro atoms. The van der Waals surface area contributed by atoms with Gasteiger partial charge in [0.1, 0.15) is 4.90 Å². The van der Waals surface area contributed by atoms with Crippen molar-refractivity contribution in [3.05, 3.63) is 29.9 Å². The molecule has 5 N–H and O–H groups in total. The van der Waals surface area contributed by atoms with Gasteiger partial charge < -0.3 is 15.6 Å². The maximum absolute atomic E-state index is 11.2. The molecule has 1 aromatic heterocycles. The average Bonchev–Trinajstić information content (AvgIpc) is 2.73. The lowest BCUT2D eigenvalue weighted by Gasteiger charge is -2.08. The zero-order chi connectivity index (χ0) is 14.8. The summed E-state index contributed by atoms with van der Waals surface area (Å²) in [6, 6.07) is 4.48. The van der Waals surface area contributed by atoms with Gasteiger partial charge in [0.25, 0.3) is 0 Å². The molecule has 0 atom stereocenters. The second-order valence-electron chi connectivity index (χ2n) is 4.20. The molecule has 0 aliphatic rings. The summed E-state index contributed by atoms with van der Waals surface area (Å²) < 4.78 is 27.3. The maximum Gasteiger partial charge on any atom is 0.240 e. The lowest BCUT2D eigenvalue weighted by Crippen LogP contribution is -2.14. The van der Waals surface area contributed by atoms with Crippen LogP contribution in [-0.4, -0.2) is 25.1 Å². The highest BCUT2D eigenvalue weighted by molar-refractivity contribution is 7.89. The second kappa shape index (κ2) is 5.47. The van der Waals surface area contributed by atoms with E-state index in [0.717, 1.165) is 0 Å². The molecule has 0 bridgehead atoms. The van der Waals surface area contributed by atoms with Gasteiger partial charge in [-0.25, -0.2) is 13.6 Å². The van der Waals surface area contributed by atoms with Gasteiger partial charge in [-0.2, -0.15) is 4.98 Å². The zero-order valence-corrected chi connectivity index (χ0v) is 11.6. The molecule has 0 radical (unpaired) electrons. The molecule has 0 saturated heterocycles. The van der Waals surface area contributed by atoms with E-state index < -0.39 is 10.0 Å². The maximum atomic E-state index is 11.2. The Morgan fingerprint density at radius 1 is 1.40 bits per heavy atom. The highest BCUT2D eigenvalue weighted by Gasteiger charge is 2.12. The summed E-state index contributed by atoms with van der Waals surface area (Å²) in [7, 11) is -3.80. The van der Waals surface area contributed by atoms with Crippen molar-refractivity contribution in [2.24, 2.45) is 5.14 Å². The van der Waals surface area contributed by atoms with Gasteiger partial charge in [-0.05, 0) is 18.2 Å². The molecular formula is C11H15N5O3S. The minimum Gasteiger partial charge on any atom is -0.398 e. The van der Waals surface area contributed by atoms with E-state index in [1.807, 2.05) is 0 Å². The molecule has 2 rings (SSSR count). The van der Waals surface area contributed by atoms with E-state index in [1.165, 1.54) is 12.1 Å². The number of benzene rings is 1. The van der Waals surface area contributed by atoms with Crippen LogP contribution in [0.1, 0.15) is 11.7 Å². The van der Waals surface area contributed by atoms with Gasteiger partial charge in [0, 0.05) is 25.6 Å².